The fraction of sp³-hybridized carbons (Fsp3) is 0.167. The van der Waals surface area contributed by atoms with Crippen LogP contribution in [0.5, 0.6) is 0 Å². The standard InChI is InChI=1S/C18H21F2N7/c1-11(19)6-15(20)7-12(2)27(23)18(26-22)16-8-14(10-25-17(16)21)13-4-3-5-24-9-13/h3-10,12H,22-23H2,1-2H3,(H2,21,25)/b11-6+,15-7+,26-18-. The Kier molecular flexibility index (Phi) is 6.56. The van der Waals surface area contributed by atoms with E-state index >= 15 is 0 Å². The molecule has 0 amide bonds. The Balaban J connectivity index is 2.38. The van der Waals surface area contributed by atoms with Gasteiger partial charge in [-0.2, -0.15) is 5.10 Å². The van der Waals surface area contributed by atoms with Crippen LogP contribution in [0.3, 0.4) is 0 Å². The Morgan fingerprint density at radius 1 is 1.30 bits per heavy atom. The normalized spacial score (nSPS) is 14.2. The van der Waals surface area contributed by atoms with Gasteiger partial charge < -0.3 is 11.6 Å². The third-order valence-electron chi connectivity index (χ3n) is 3.70. The summed E-state index contributed by atoms with van der Waals surface area (Å²) in [5, 5.41) is 4.81. The van der Waals surface area contributed by atoms with E-state index in [1.165, 1.54) is 0 Å². The lowest BCUT2D eigenvalue weighted by molar-refractivity contribution is 0.388. The molecule has 0 aliphatic carbocycles. The SMILES string of the molecule is C/C(F)=C\C(F)=C/C(C)N(N)/C(=N\N)c1cc(-c2cccnc2)cnc1N. The number of hydrazine groups is 1. The molecule has 6 N–H and O–H groups in total. The molecule has 7 nitrogen and oxygen atoms in total. The first-order valence-electron chi connectivity index (χ1n) is 8.02. The summed E-state index contributed by atoms with van der Waals surface area (Å²) < 4.78 is 26.6. The van der Waals surface area contributed by atoms with E-state index in [0.717, 1.165) is 35.2 Å². The van der Waals surface area contributed by atoms with E-state index in [2.05, 4.69) is 15.1 Å². The summed E-state index contributed by atoms with van der Waals surface area (Å²) in [6, 6.07) is 4.66. The topological polar surface area (TPSA) is 119 Å². The van der Waals surface area contributed by atoms with Crippen LogP contribution in [0.15, 0.2) is 65.7 Å². The zero-order valence-corrected chi connectivity index (χ0v) is 15.0. The summed E-state index contributed by atoms with van der Waals surface area (Å²) in [7, 11) is 0. The van der Waals surface area contributed by atoms with Gasteiger partial charge in [-0.25, -0.2) is 19.6 Å². The number of anilines is 1. The van der Waals surface area contributed by atoms with Gasteiger partial charge in [0, 0.05) is 35.8 Å². The number of nitrogen functional groups attached to an aromatic ring is 1. The number of rotatable bonds is 5. The van der Waals surface area contributed by atoms with Crippen molar-refractivity contribution in [3.8, 4) is 11.1 Å². The second kappa shape index (κ2) is 8.86. The first kappa shape index (κ1) is 20.0. The summed E-state index contributed by atoms with van der Waals surface area (Å²) >= 11 is 0. The van der Waals surface area contributed by atoms with Crippen molar-refractivity contribution in [3.05, 3.63) is 66.2 Å². The quantitative estimate of drug-likeness (QED) is 0.244. The lowest BCUT2D eigenvalue weighted by atomic mass is 10.1. The van der Waals surface area contributed by atoms with Crippen LogP contribution in [0.25, 0.3) is 11.1 Å². The molecular weight excluding hydrogens is 352 g/mol. The smallest absolute Gasteiger partial charge is 0.173 e. The molecule has 2 rings (SSSR count). The van der Waals surface area contributed by atoms with Gasteiger partial charge in [0.25, 0.3) is 0 Å². The number of allylic oxidation sites excluding steroid dienone is 3. The van der Waals surface area contributed by atoms with E-state index in [9.17, 15) is 8.78 Å². The Morgan fingerprint density at radius 2 is 2.04 bits per heavy atom. The molecule has 27 heavy (non-hydrogen) atoms. The van der Waals surface area contributed by atoms with E-state index in [-0.39, 0.29) is 11.7 Å². The van der Waals surface area contributed by atoms with Crippen LogP contribution in [0.4, 0.5) is 14.6 Å². The van der Waals surface area contributed by atoms with Crippen LogP contribution < -0.4 is 17.4 Å². The predicted octanol–water partition coefficient (Wildman–Crippen LogP) is 2.64. The van der Waals surface area contributed by atoms with Gasteiger partial charge in [-0.1, -0.05) is 6.07 Å². The Bertz CT molecular complexity index is 875. The fourth-order valence-electron chi connectivity index (χ4n) is 2.36. The minimum absolute atomic E-state index is 0.100. The number of halogens is 2. The Morgan fingerprint density at radius 3 is 2.63 bits per heavy atom. The maximum atomic E-state index is 13.7. The number of aromatic nitrogens is 2. The number of nitrogens with two attached hydrogens (primary N) is 3. The van der Waals surface area contributed by atoms with Gasteiger partial charge in [0.2, 0.25) is 0 Å². The molecule has 9 heteroatoms. The van der Waals surface area contributed by atoms with Gasteiger partial charge in [0.05, 0.1) is 17.4 Å². The van der Waals surface area contributed by atoms with Gasteiger partial charge in [-0.05, 0) is 32.1 Å². The van der Waals surface area contributed by atoms with Gasteiger partial charge in [0.15, 0.2) is 5.84 Å². The third kappa shape index (κ3) is 5.08. The molecule has 0 aliphatic heterocycles. The summed E-state index contributed by atoms with van der Waals surface area (Å²) in [6.45, 7) is 2.74. The van der Waals surface area contributed by atoms with Gasteiger partial charge in [-0.3, -0.25) is 9.99 Å². The van der Waals surface area contributed by atoms with Crippen LogP contribution in [-0.2, 0) is 0 Å². The zero-order chi connectivity index (χ0) is 20.0. The van der Waals surface area contributed by atoms with Crippen molar-refractivity contribution in [1.82, 2.24) is 15.0 Å². The molecule has 2 aromatic rings. The molecule has 1 atom stereocenters. The highest BCUT2D eigenvalue weighted by molar-refractivity contribution is 6.03. The minimum Gasteiger partial charge on any atom is -0.383 e. The highest BCUT2D eigenvalue weighted by Crippen LogP contribution is 2.22. The van der Waals surface area contributed by atoms with Crippen molar-refractivity contribution >= 4 is 11.7 Å². The number of hydrogen-bond acceptors (Lipinski definition) is 6. The number of amidine groups is 1. The Labute approximate surface area is 155 Å². The van der Waals surface area contributed by atoms with Crippen molar-refractivity contribution < 1.29 is 8.78 Å². The molecule has 0 bridgehead atoms. The maximum absolute atomic E-state index is 13.7. The number of pyridine rings is 2. The molecule has 2 aromatic heterocycles. The number of hydrazone groups is 1. The largest absolute Gasteiger partial charge is 0.383 e. The van der Waals surface area contributed by atoms with E-state index in [4.69, 9.17) is 17.4 Å². The molecule has 0 saturated heterocycles. The average molecular weight is 373 g/mol. The fourth-order valence-corrected chi connectivity index (χ4v) is 2.36. The average Bonchev–Trinajstić information content (AvgIpc) is 2.63. The number of nitrogens with zero attached hydrogens (tertiary/aromatic N) is 4. The molecule has 0 fully saturated rings. The monoisotopic (exact) mass is 373 g/mol. The van der Waals surface area contributed by atoms with E-state index in [0.29, 0.717) is 5.56 Å². The zero-order valence-electron chi connectivity index (χ0n) is 15.0. The first-order valence-corrected chi connectivity index (χ1v) is 8.02. The van der Waals surface area contributed by atoms with E-state index in [1.54, 1.807) is 37.6 Å². The van der Waals surface area contributed by atoms with Crippen molar-refractivity contribution in [2.24, 2.45) is 16.8 Å². The molecule has 0 spiro atoms. The summed E-state index contributed by atoms with van der Waals surface area (Å²) in [4.78, 5) is 8.21. The van der Waals surface area contributed by atoms with Gasteiger partial charge in [0.1, 0.15) is 11.6 Å². The summed E-state index contributed by atoms with van der Waals surface area (Å²) in [5.74, 6) is 10.4. The summed E-state index contributed by atoms with van der Waals surface area (Å²) in [5.41, 5.74) is 7.87. The summed E-state index contributed by atoms with van der Waals surface area (Å²) in [6.07, 6.45) is 6.79. The van der Waals surface area contributed by atoms with Crippen LogP contribution in [0, 0.1) is 0 Å². The van der Waals surface area contributed by atoms with Gasteiger partial charge in [-0.15, -0.1) is 0 Å². The highest BCUT2D eigenvalue weighted by Gasteiger charge is 2.19. The van der Waals surface area contributed by atoms with Crippen LogP contribution in [-0.4, -0.2) is 26.9 Å². The van der Waals surface area contributed by atoms with Crippen LogP contribution in [0.1, 0.15) is 19.4 Å². The lowest BCUT2D eigenvalue weighted by Crippen LogP contribution is -2.44. The van der Waals surface area contributed by atoms with E-state index in [1.807, 2.05) is 6.07 Å². The molecule has 1 unspecified atom stereocenters. The molecule has 0 radical (unpaired) electrons. The van der Waals surface area contributed by atoms with Crippen molar-refractivity contribution in [2.75, 3.05) is 5.73 Å². The minimum atomic E-state index is -0.774. The van der Waals surface area contributed by atoms with Gasteiger partial charge >= 0.3 is 0 Å². The molecular formula is C18H21F2N7. The van der Waals surface area contributed by atoms with Crippen molar-refractivity contribution in [2.45, 2.75) is 19.9 Å². The van der Waals surface area contributed by atoms with Crippen LogP contribution in [0.2, 0.25) is 0 Å². The molecule has 0 saturated carbocycles. The maximum Gasteiger partial charge on any atom is 0.173 e. The molecule has 2 heterocycles. The highest BCUT2D eigenvalue weighted by atomic mass is 19.1. The third-order valence-corrected chi connectivity index (χ3v) is 3.70. The second-order valence-corrected chi connectivity index (χ2v) is 5.78. The molecule has 0 aromatic carbocycles. The number of hydrogen-bond donors (Lipinski definition) is 3. The lowest BCUT2D eigenvalue weighted by Gasteiger charge is -2.25. The Hall–Kier alpha value is -3.33. The second-order valence-electron chi connectivity index (χ2n) is 5.78. The van der Waals surface area contributed by atoms with E-state index < -0.39 is 17.7 Å². The van der Waals surface area contributed by atoms with Crippen molar-refractivity contribution in [1.29, 1.82) is 0 Å². The predicted molar refractivity (Wildman–Crippen MR) is 102 cm³/mol. The molecule has 0 aliphatic rings. The van der Waals surface area contributed by atoms with Crippen LogP contribution >= 0.6 is 0 Å². The van der Waals surface area contributed by atoms with Crippen molar-refractivity contribution in [3.63, 3.8) is 0 Å². The molecule has 142 valence electrons. The first-order chi connectivity index (χ1) is 12.8.